The highest BCUT2D eigenvalue weighted by atomic mass is 16.5. The maximum Gasteiger partial charge on any atom is 0.345 e. The van der Waals surface area contributed by atoms with Gasteiger partial charge < -0.3 is 4.74 Å². The van der Waals surface area contributed by atoms with Crippen LogP contribution in [0, 0.1) is 0 Å². The molecule has 1 heterocycles. The van der Waals surface area contributed by atoms with Gasteiger partial charge in [0.2, 0.25) is 5.91 Å². The molecule has 1 aliphatic rings. The molecule has 4 nitrogen and oxygen atoms in total. The molecule has 1 aliphatic heterocycles. The number of carbonyl (C=O) groups excluding carboxylic acids is 2. The molecular formula is C15H11NO3. The fraction of sp³-hybridized carbons (Fsp3) is 0.0667. The highest BCUT2D eigenvalue weighted by molar-refractivity contribution is 6.09. The highest BCUT2D eigenvalue weighted by Gasteiger charge is 2.28. The molecule has 94 valence electrons. The van der Waals surface area contributed by atoms with Crippen molar-refractivity contribution in [3.05, 3.63) is 54.1 Å². The molecule has 0 bridgehead atoms. The summed E-state index contributed by atoms with van der Waals surface area (Å²) in [5.41, 5.74) is 1.51. The third-order valence-corrected chi connectivity index (χ3v) is 2.99. The summed E-state index contributed by atoms with van der Waals surface area (Å²) in [5.74, 6) is -0.232. The summed E-state index contributed by atoms with van der Waals surface area (Å²) in [6, 6.07) is 13.9. The van der Waals surface area contributed by atoms with Crippen LogP contribution in [0.2, 0.25) is 0 Å². The first kappa shape index (κ1) is 11.5. The van der Waals surface area contributed by atoms with E-state index in [-0.39, 0.29) is 5.91 Å². The lowest BCUT2D eigenvalue weighted by Gasteiger charge is -2.21. The van der Waals surface area contributed by atoms with Crippen LogP contribution in [0.1, 0.15) is 17.3 Å². The maximum atomic E-state index is 12.1. The van der Waals surface area contributed by atoms with E-state index in [1.165, 1.54) is 11.8 Å². The number of hydrogen-bond acceptors (Lipinski definition) is 3. The number of fused-ring (bicyclic) bond motifs is 2. The Kier molecular flexibility index (Phi) is 2.56. The van der Waals surface area contributed by atoms with Crippen LogP contribution in [0.15, 0.2) is 48.5 Å². The zero-order valence-corrected chi connectivity index (χ0v) is 10.3. The predicted octanol–water partition coefficient (Wildman–Crippen LogP) is 2.90. The summed E-state index contributed by atoms with van der Waals surface area (Å²) in [4.78, 5) is 25.5. The average Bonchev–Trinajstić information content (AvgIpc) is 2.53. The summed E-state index contributed by atoms with van der Waals surface area (Å²) in [7, 11) is 0. The van der Waals surface area contributed by atoms with Gasteiger partial charge in [-0.1, -0.05) is 24.3 Å². The van der Waals surface area contributed by atoms with Crippen LogP contribution in [0.5, 0.6) is 5.75 Å². The molecule has 0 N–H and O–H groups in total. The van der Waals surface area contributed by atoms with Gasteiger partial charge in [0.1, 0.15) is 0 Å². The second-order valence-electron chi connectivity index (χ2n) is 4.23. The number of para-hydroxylation sites is 3. The Morgan fingerprint density at radius 1 is 1.00 bits per heavy atom. The number of nitrogens with zero attached hydrogens (tertiary/aromatic N) is 1. The smallest absolute Gasteiger partial charge is 0.345 e. The molecule has 4 heteroatoms. The quantitative estimate of drug-likeness (QED) is 0.535. The minimum atomic E-state index is -0.452. The molecule has 2 aromatic rings. The van der Waals surface area contributed by atoms with Gasteiger partial charge in [0, 0.05) is 6.92 Å². The van der Waals surface area contributed by atoms with Crippen molar-refractivity contribution in [2.24, 2.45) is 0 Å². The molecule has 19 heavy (non-hydrogen) atoms. The first-order valence-electron chi connectivity index (χ1n) is 5.89. The summed E-state index contributed by atoms with van der Waals surface area (Å²) in [6.45, 7) is 1.46. The van der Waals surface area contributed by atoms with Crippen LogP contribution in [0.25, 0.3) is 0 Å². The van der Waals surface area contributed by atoms with Gasteiger partial charge in [0.05, 0.1) is 16.9 Å². The molecule has 2 aromatic carbocycles. The Labute approximate surface area is 110 Å². The molecule has 0 aliphatic carbocycles. The maximum absolute atomic E-state index is 12.1. The molecule has 0 aromatic heterocycles. The van der Waals surface area contributed by atoms with Crippen LogP contribution in [0.4, 0.5) is 11.4 Å². The van der Waals surface area contributed by atoms with Gasteiger partial charge in [-0.25, -0.2) is 4.79 Å². The molecule has 3 rings (SSSR count). The van der Waals surface area contributed by atoms with Crippen LogP contribution < -0.4 is 9.64 Å². The SMILES string of the molecule is CC(=O)N1c2ccccc2OC(=O)c2ccccc21. The van der Waals surface area contributed by atoms with E-state index >= 15 is 0 Å². The number of hydrogen-bond donors (Lipinski definition) is 0. The molecule has 0 saturated heterocycles. The average molecular weight is 253 g/mol. The van der Waals surface area contributed by atoms with E-state index in [4.69, 9.17) is 4.74 Å². The monoisotopic (exact) mass is 253 g/mol. The predicted molar refractivity (Wildman–Crippen MR) is 70.7 cm³/mol. The third-order valence-electron chi connectivity index (χ3n) is 2.99. The lowest BCUT2D eigenvalue weighted by Crippen LogP contribution is -2.23. The Morgan fingerprint density at radius 3 is 2.37 bits per heavy atom. The minimum absolute atomic E-state index is 0.168. The van der Waals surface area contributed by atoms with Gasteiger partial charge in [-0.15, -0.1) is 0 Å². The van der Waals surface area contributed by atoms with E-state index in [2.05, 4.69) is 0 Å². The standard InChI is InChI=1S/C15H11NO3/c1-10(17)16-12-7-3-2-6-11(12)15(18)19-14-9-5-4-8-13(14)16/h2-9H,1H3. The van der Waals surface area contributed by atoms with Gasteiger partial charge in [0.25, 0.3) is 0 Å². The second kappa shape index (κ2) is 4.24. The van der Waals surface area contributed by atoms with Crippen LogP contribution in [-0.4, -0.2) is 11.9 Å². The van der Waals surface area contributed by atoms with Crippen LogP contribution >= 0.6 is 0 Å². The van der Waals surface area contributed by atoms with E-state index in [0.717, 1.165) is 0 Å². The number of amides is 1. The van der Waals surface area contributed by atoms with Crippen molar-refractivity contribution in [2.75, 3.05) is 4.90 Å². The van der Waals surface area contributed by atoms with Gasteiger partial charge in [-0.05, 0) is 24.3 Å². The first-order valence-corrected chi connectivity index (χ1v) is 5.89. The fourth-order valence-electron chi connectivity index (χ4n) is 2.19. The number of carbonyl (C=O) groups is 2. The molecule has 0 atom stereocenters. The van der Waals surface area contributed by atoms with Gasteiger partial charge in [0.15, 0.2) is 5.75 Å². The normalized spacial score (nSPS) is 13.1. The fourth-order valence-corrected chi connectivity index (χ4v) is 2.19. The lowest BCUT2D eigenvalue weighted by molar-refractivity contribution is -0.115. The van der Waals surface area contributed by atoms with E-state index in [1.54, 1.807) is 48.5 Å². The Morgan fingerprint density at radius 2 is 1.63 bits per heavy atom. The van der Waals surface area contributed by atoms with E-state index in [1.807, 2.05) is 0 Å². The molecule has 0 spiro atoms. The van der Waals surface area contributed by atoms with Crippen LogP contribution in [0.3, 0.4) is 0 Å². The summed E-state index contributed by atoms with van der Waals surface area (Å²) < 4.78 is 5.33. The Hall–Kier alpha value is -2.62. The van der Waals surface area contributed by atoms with E-state index < -0.39 is 5.97 Å². The summed E-state index contributed by atoms with van der Waals surface area (Å²) >= 11 is 0. The molecule has 1 amide bonds. The molecular weight excluding hydrogens is 242 g/mol. The Balaban J connectivity index is 2.32. The summed E-state index contributed by atoms with van der Waals surface area (Å²) in [5, 5.41) is 0. The van der Waals surface area contributed by atoms with E-state index in [9.17, 15) is 9.59 Å². The van der Waals surface area contributed by atoms with Crippen molar-refractivity contribution >= 4 is 23.3 Å². The van der Waals surface area contributed by atoms with Crippen molar-refractivity contribution in [3.63, 3.8) is 0 Å². The number of esters is 1. The van der Waals surface area contributed by atoms with Gasteiger partial charge in [-0.3, -0.25) is 9.69 Å². The minimum Gasteiger partial charge on any atom is -0.421 e. The summed E-state index contributed by atoms with van der Waals surface area (Å²) in [6.07, 6.45) is 0. The third kappa shape index (κ3) is 1.78. The molecule has 0 radical (unpaired) electrons. The number of benzene rings is 2. The zero-order valence-electron chi connectivity index (χ0n) is 10.3. The van der Waals surface area contributed by atoms with Crippen molar-refractivity contribution in [2.45, 2.75) is 6.92 Å². The van der Waals surface area contributed by atoms with Crippen molar-refractivity contribution in [1.29, 1.82) is 0 Å². The topological polar surface area (TPSA) is 46.6 Å². The molecule has 0 fully saturated rings. The molecule has 0 saturated carbocycles. The van der Waals surface area contributed by atoms with Gasteiger partial charge in [-0.2, -0.15) is 0 Å². The van der Waals surface area contributed by atoms with Crippen LogP contribution in [-0.2, 0) is 4.79 Å². The Bertz CT molecular complexity index is 679. The van der Waals surface area contributed by atoms with E-state index in [0.29, 0.717) is 22.7 Å². The first-order chi connectivity index (χ1) is 9.18. The second-order valence-corrected chi connectivity index (χ2v) is 4.23. The number of anilines is 2. The number of rotatable bonds is 0. The highest BCUT2D eigenvalue weighted by Crippen LogP contribution is 2.39. The van der Waals surface area contributed by atoms with Gasteiger partial charge >= 0.3 is 5.97 Å². The zero-order chi connectivity index (χ0) is 13.4. The van der Waals surface area contributed by atoms with Crippen molar-refractivity contribution in [1.82, 2.24) is 0 Å². The lowest BCUT2D eigenvalue weighted by atomic mass is 10.1. The molecule has 0 unspecified atom stereocenters. The number of ether oxygens (including phenoxy) is 1. The van der Waals surface area contributed by atoms with Crippen molar-refractivity contribution < 1.29 is 14.3 Å². The largest absolute Gasteiger partial charge is 0.421 e. The van der Waals surface area contributed by atoms with Crippen molar-refractivity contribution in [3.8, 4) is 5.75 Å².